The Morgan fingerprint density at radius 2 is 1.83 bits per heavy atom. The monoisotopic (exact) mass is 327 g/mol. The minimum absolute atomic E-state index is 0.133. The van der Waals surface area contributed by atoms with Crippen LogP contribution in [0.2, 0.25) is 0 Å². The van der Waals surface area contributed by atoms with E-state index in [2.05, 4.69) is 27.7 Å². The zero-order chi connectivity index (χ0) is 17.4. The molecule has 0 radical (unpaired) electrons. The standard InChI is InChI=1S/C19H25N3O2/c1-22(2)18(16-9-5-4-6-10-16)14-21-19(23)20-13-15-8-7-11-17(12-15)24-3/h4-12,18H,13-14H2,1-3H3,(H2,20,21,23). The lowest BCUT2D eigenvalue weighted by Gasteiger charge is -2.25. The molecule has 0 aliphatic heterocycles. The lowest BCUT2D eigenvalue weighted by Crippen LogP contribution is -2.40. The van der Waals surface area contributed by atoms with E-state index in [0.717, 1.165) is 11.3 Å². The fourth-order valence-corrected chi connectivity index (χ4v) is 2.49. The lowest BCUT2D eigenvalue weighted by molar-refractivity contribution is 0.232. The van der Waals surface area contributed by atoms with E-state index in [4.69, 9.17) is 4.74 Å². The molecular formula is C19H25N3O2. The van der Waals surface area contributed by atoms with Crippen LogP contribution in [0.4, 0.5) is 4.79 Å². The van der Waals surface area contributed by atoms with Gasteiger partial charge in [0.25, 0.3) is 0 Å². The summed E-state index contributed by atoms with van der Waals surface area (Å²) >= 11 is 0. The molecule has 0 spiro atoms. The molecule has 5 nitrogen and oxygen atoms in total. The molecule has 5 heteroatoms. The summed E-state index contributed by atoms with van der Waals surface area (Å²) < 4.78 is 5.18. The van der Waals surface area contributed by atoms with E-state index in [0.29, 0.717) is 13.1 Å². The number of benzene rings is 2. The number of nitrogens with one attached hydrogen (secondary N) is 2. The second-order valence-corrected chi connectivity index (χ2v) is 5.81. The number of hydrogen-bond acceptors (Lipinski definition) is 3. The smallest absolute Gasteiger partial charge is 0.315 e. The molecule has 2 rings (SSSR count). The normalized spacial score (nSPS) is 11.8. The Hall–Kier alpha value is -2.53. The summed E-state index contributed by atoms with van der Waals surface area (Å²) in [5.41, 5.74) is 2.17. The van der Waals surface area contributed by atoms with Crippen molar-refractivity contribution in [3.63, 3.8) is 0 Å². The molecular weight excluding hydrogens is 302 g/mol. The molecule has 0 aromatic heterocycles. The van der Waals surface area contributed by atoms with Gasteiger partial charge in [-0.25, -0.2) is 4.79 Å². The molecule has 0 aliphatic rings. The van der Waals surface area contributed by atoms with Crippen molar-refractivity contribution in [2.75, 3.05) is 27.7 Å². The molecule has 24 heavy (non-hydrogen) atoms. The van der Waals surface area contributed by atoms with Gasteiger partial charge in [-0.15, -0.1) is 0 Å². The van der Waals surface area contributed by atoms with Crippen molar-refractivity contribution < 1.29 is 9.53 Å². The number of methoxy groups -OCH3 is 1. The van der Waals surface area contributed by atoms with Crippen molar-refractivity contribution >= 4 is 6.03 Å². The van der Waals surface area contributed by atoms with E-state index in [-0.39, 0.29) is 12.1 Å². The highest BCUT2D eigenvalue weighted by molar-refractivity contribution is 5.73. The lowest BCUT2D eigenvalue weighted by atomic mass is 10.1. The average Bonchev–Trinajstić information content (AvgIpc) is 2.61. The molecule has 1 atom stereocenters. The predicted octanol–water partition coefficient (Wildman–Crippen LogP) is 2.80. The summed E-state index contributed by atoms with van der Waals surface area (Å²) in [5.74, 6) is 0.784. The Bertz CT molecular complexity index is 644. The van der Waals surface area contributed by atoms with Gasteiger partial charge in [-0.2, -0.15) is 0 Å². The molecule has 2 N–H and O–H groups in total. The number of urea groups is 1. The summed E-state index contributed by atoms with van der Waals surface area (Å²) in [5, 5.41) is 5.81. The molecule has 1 unspecified atom stereocenters. The van der Waals surface area contributed by atoms with Crippen LogP contribution < -0.4 is 15.4 Å². The van der Waals surface area contributed by atoms with Crippen molar-refractivity contribution in [1.82, 2.24) is 15.5 Å². The van der Waals surface area contributed by atoms with Crippen LogP contribution >= 0.6 is 0 Å². The Labute approximate surface area is 143 Å². The van der Waals surface area contributed by atoms with Crippen molar-refractivity contribution in [2.45, 2.75) is 12.6 Å². The molecule has 0 saturated heterocycles. The van der Waals surface area contributed by atoms with Crippen molar-refractivity contribution in [2.24, 2.45) is 0 Å². The van der Waals surface area contributed by atoms with Gasteiger partial charge in [0.1, 0.15) is 5.75 Å². The first-order valence-corrected chi connectivity index (χ1v) is 7.96. The predicted molar refractivity (Wildman–Crippen MR) is 96.1 cm³/mol. The van der Waals surface area contributed by atoms with Gasteiger partial charge in [-0.05, 0) is 37.4 Å². The zero-order valence-electron chi connectivity index (χ0n) is 14.5. The molecule has 0 bridgehead atoms. The first kappa shape index (κ1) is 17.8. The second-order valence-electron chi connectivity index (χ2n) is 5.81. The summed E-state index contributed by atoms with van der Waals surface area (Å²) in [6.07, 6.45) is 0. The molecule has 0 saturated carbocycles. The quantitative estimate of drug-likeness (QED) is 0.822. The van der Waals surface area contributed by atoms with Gasteiger partial charge in [0, 0.05) is 13.1 Å². The van der Waals surface area contributed by atoms with Crippen LogP contribution in [0.25, 0.3) is 0 Å². The number of ether oxygens (including phenoxy) is 1. The molecule has 128 valence electrons. The first-order valence-electron chi connectivity index (χ1n) is 7.96. The molecule has 0 fully saturated rings. The van der Waals surface area contributed by atoms with E-state index < -0.39 is 0 Å². The van der Waals surface area contributed by atoms with Gasteiger partial charge in [0.05, 0.1) is 13.2 Å². The first-order chi connectivity index (χ1) is 11.6. The van der Waals surface area contributed by atoms with Gasteiger partial charge in [0.15, 0.2) is 0 Å². The number of carbonyl (C=O) groups excluding carboxylic acids is 1. The van der Waals surface area contributed by atoms with Crippen molar-refractivity contribution in [3.8, 4) is 5.75 Å². The summed E-state index contributed by atoms with van der Waals surface area (Å²) in [4.78, 5) is 14.2. The third-order valence-corrected chi connectivity index (χ3v) is 3.85. The minimum Gasteiger partial charge on any atom is -0.497 e. The van der Waals surface area contributed by atoms with Gasteiger partial charge < -0.3 is 20.3 Å². The van der Waals surface area contributed by atoms with E-state index in [9.17, 15) is 4.79 Å². The van der Waals surface area contributed by atoms with Crippen LogP contribution in [0.3, 0.4) is 0 Å². The summed E-state index contributed by atoms with van der Waals surface area (Å²) in [6, 6.07) is 17.8. The maximum Gasteiger partial charge on any atom is 0.315 e. The van der Waals surface area contributed by atoms with Crippen LogP contribution in [0.5, 0.6) is 5.75 Å². The minimum atomic E-state index is -0.180. The number of nitrogens with zero attached hydrogens (tertiary/aromatic N) is 1. The van der Waals surface area contributed by atoms with Gasteiger partial charge in [-0.1, -0.05) is 42.5 Å². The van der Waals surface area contributed by atoms with Crippen LogP contribution in [0, 0.1) is 0 Å². The SMILES string of the molecule is COc1cccc(CNC(=O)NCC(c2ccccc2)N(C)C)c1. The van der Waals surface area contributed by atoms with E-state index in [1.807, 2.05) is 56.6 Å². The fourth-order valence-electron chi connectivity index (χ4n) is 2.49. The average molecular weight is 327 g/mol. The zero-order valence-corrected chi connectivity index (χ0v) is 14.5. The molecule has 2 amide bonds. The number of rotatable bonds is 7. The van der Waals surface area contributed by atoms with Crippen LogP contribution in [0.1, 0.15) is 17.2 Å². The van der Waals surface area contributed by atoms with E-state index >= 15 is 0 Å². The second kappa shape index (κ2) is 8.93. The Morgan fingerprint density at radius 1 is 1.08 bits per heavy atom. The Morgan fingerprint density at radius 3 is 2.50 bits per heavy atom. The van der Waals surface area contributed by atoms with Gasteiger partial charge in [-0.3, -0.25) is 0 Å². The number of amides is 2. The maximum absolute atomic E-state index is 12.1. The highest BCUT2D eigenvalue weighted by atomic mass is 16.5. The van der Waals surface area contributed by atoms with Crippen molar-refractivity contribution in [1.29, 1.82) is 0 Å². The highest BCUT2D eigenvalue weighted by Crippen LogP contribution is 2.16. The summed E-state index contributed by atoms with van der Waals surface area (Å²) in [6.45, 7) is 1.00. The topological polar surface area (TPSA) is 53.6 Å². The van der Waals surface area contributed by atoms with Crippen LogP contribution in [-0.4, -0.2) is 38.7 Å². The van der Waals surface area contributed by atoms with Crippen molar-refractivity contribution in [3.05, 3.63) is 65.7 Å². The third kappa shape index (κ3) is 5.28. The Balaban J connectivity index is 1.85. The number of likely N-dealkylation sites (N-methyl/N-ethyl adjacent to an activating group) is 1. The van der Waals surface area contributed by atoms with E-state index in [1.165, 1.54) is 5.56 Å². The molecule has 0 aliphatic carbocycles. The fraction of sp³-hybridized carbons (Fsp3) is 0.316. The maximum atomic E-state index is 12.1. The molecule has 2 aromatic carbocycles. The van der Waals surface area contributed by atoms with Gasteiger partial charge >= 0.3 is 6.03 Å². The van der Waals surface area contributed by atoms with Gasteiger partial charge in [0.2, 0.25) is 0 Å². The van der Waals surface area contributed by atoms with E-state index in [1.54, 1.807) is 7.11 Å². The largest absolute Gasteiger partial charge is 0.497 e. The third-order valence-electron chi connectivity index (χ3n) is 3.85. The number of hydrogen-bond donors (Lipinski definition) is 2. The highest BCUT2D eigenvalue weighted by Gasteiger charge is 2.14. The van der Waals surface area contributed by atoms with Crippen LogP contribution in [0.15, 0.2) is 54.6 Å². The summed E-state index contributed by atoms with van der Waals surface area (Å²) in [7, 11) is 5.64. The molecule has 0 heterocycles. The number of carbonyl (C=O) groups is 1. The van der Waals surface area contributed by atoms with Crippen LogP contribution in [-0.2, 0) is 6.54 Å². The molecule has 2 aromatic rings. The Kier molecular flexibility index (Phi) is 6.63.